The van der Waals surface area contributed by atoms with Crippen molar-refractivity contribution in [2.75, 3.05) is 23.3 Å². The molecule has 0 radical (unpaired) electrons. The number of carbonyl (C=O) groups excluding carboxylic acids is 2. The Hall–Kier alpha value is -4.03. The van der Waals surface area contributed by atoms with Crippen molar-refractivity contribution >= 4 is 63.4 Å². The van der Waals surface area contributed by atoms with Gasteiger partial charge in [-0.25, -0.2) is 9.97 Å². The molecule has 2 saturated carbocycles. The Balaban J connectivity index is 1.13. The molecule has 2 aromatic heterocycles. The van der Waals surface area contributed by atoms with Crippen LogP contribution in [0, 0.1) is 31.6 Å². The lowest BCUT2D eigenvalue weighted by Gasteiger charge is -2.31. The molecule has 2 aliphatic carbocycles. The number of fused-ring (bicyclic) bond motifs is 2. The standard InChI is InChI=1S/C36H38Cl2F3N7O2/c1-18-10-19(2)43-28(11-18)34(50)42-15-20-4-9-26(37)32(31(20)38)46-35-45-27-13-25(33(49)44-24-7-5-23(6-8-24)36(39,40)41)29(14-30(27)47(35)3)48-16-21-12-22(21)17-48/h4,9-11,13-14,21-24H,5-8,12,15-17H2,1-3H3,(H,42,50)(H,44,49)(H,45,46)/t21?,22?,23-,24-. The second-order valence-corrected chi connectivity index (χ2v) is 14.7. The summed E-state index contributed by atoms with van der Waals surface area (Å²) in [6.07, 6.45) is -2.44. The Bertz CT molecular complexity index is 1960. The van der Waals surface area contributed by atoms with Crippen molar-refractivity contribution in [2.45, 2.75) is 64.7 Å². The number of anilines is 3. The average molecular weight is 729 g/mol. The number of carbonyl (C=O) groups is 2. The summed E-state index contributed by atoms with van der Waals surface area (Å²) in [6.45, 7) is 5.58. The third kappa shape index (κ3) is 6.96. The zero-order valence-electron chi connectivity index (χ0n) is 27.9. The zero-order valence-corrected chi connectivity index (χ0v) is 29.4. The molecular formula is C36H38Cl2F3N7O2. The minimum atomic E-state index is -4.21. The summed E-state index contributed by atoms with van der Waals surface area (Å²) in [7, 11) is 1.85. The summed E-state index contributed by atoms with van der Waals surface area (Å²) < 4.78 is 41.6. The highest BCUT2D eigenvalue weighted by Gasteiger charge is 2.46. The Morgan fingerprint density at radius 1 is 0.960 bits per heavy atom. The summed E-state index contributed by atoms with van der Waals surface area (Å²) in [4.78, 5) is 38.0. The van der Waals surface area contributed by atoms with Crippen LogP contribution in [0.4, 0.5) is 30.5 Å². The number of alkyl halides is 3. The fourth-order valence-electron chi connectivity index (χ4n) is 7.39. The number of imidazole rings is 1. The van der Waals surface area contributed by atoms with E-state index in [2.05, 4.69) is 25.8 Å². The van der Waals surface area contributed by atoms with Crippen LogP contribution in [0.1, 0.15) is 69.8 Å². The van der Waals surface area contributed by atoms with Gasteiger partial charge in [-0.05, 0) is 99.2 Å². The molecule has 0 bridgehead atoms. The van der Waals surface area contributed by atoms with Crippen molar-refractivity contribution < 1.29 is 22.8 Å². The molecule has 3 aliphatic rings. The van der Waals surface area contributed by atoms with Gasteiger partial charge in [-0.3, -0.25) is 9.59 Å². The molecule has 4 aromatic rings. The Morgan fingerprint density at radius 3 is 2.36 bits per heavy atom. The lowest BCUT2D eigenvalue weighted by Crippen LogP contribution is -2.40. The number of halogens is 5. The van der Waals surface area contributed by atoms with Gasteiger partial charge in [0.05, 0.1) is 43.9 Å². The summed E-state index contributed by atoms with van der Waals surface area (Å²) in [5, 5.41) is 9.83. The second kappa shape index (κ2) is 13.3. The Kier molecular flexibility index (Phi) is 9.13. The number of hydrogen-bond donors (Lipinski definition) is 3. The van der Waals surface area contributed by atoms with Crippen LogP contribution >= 0.6 is 23.2 Å². The minimum Gasteiger partial charge on any atom is -0.370 e. The van der Waals surface area contributed by atoms with Gasteiger partial charge in [0.2, 0.25) is 5.95 Å². The monoisotopic (exact) mass is 727 g/mol. The molecule has 9 nitrogen and oxygen atoms in total. The number of aryl methyl sites for hydroxylation is 3. The summed E-state index contributed by atoms with van der Waals surface area (Å²) >= 11 is 13.5. The van der Waals surface area contributed by atoms with Crippen molar-refractivity contribution in [1.82, 2.24) is 25.2 Å². The molecule has 264 valence electrons. The maximum absolute atomic E-state index is 13.8. The van der Waals surface area contributed by atoms with Crippen molar-refractivity contribution in [2.24, 2.45) is 24.8 Å². The number of hydrogen-bond acceptors (Lipinski definition) is 6. The molecule has 0 spiro atoms. The van der Waals surface area contributed by atoms with Crippen LogP contribution in [-0.2, 0) is 13.6 Å². The third-order valence-corrected chi connectivity index (χ3v) is 11.0. The molecule has 3 N–H and O–H groups in total. The zero-order chi connectivity index (χ0) is 35.5. The number of nitrogens with one attached hydrogen (secondary N) is 3. The van der Waals surface area contributed by atoms with E-state index in [0.717, 1.165) is 35.6 Å². The fraction of sp³-hybridized carbons (Fsp3) is 0.444. The quantitative estimate of drug-likeness (QED) is 0.171. The smallest absolute Gasteiger partial charge is 0.370 e. The van der Waals surface area contributed by atoms with E-state index in [9.17, 15) is 22.8 Å². The van der Waals surface area contributed by atoms with Crippen molar-refractivity contribution in [3.05, 3.63) is 74.5 Å². The molecule has 1 saturated heterocycles. The first-order valence-electron chi connectivity index (χ1n) is 16.9. The SMILES string of the molecule is Cc1cc(C)nc(C(=O)NCc2ccc(Cl)c(Nc3nc4cc(C(=O)N[C@H]5CC[C@H](C(F)(F)F)CC5)c(N5CC6CC6C5)cc4n3C)c2Cl)c1. The summed E-state index contributed by atoms with van der Waals surface area (Å²) in [5.74, 6) is -0.298. The van der Waals surface area contributed by atoms with Crippen LogP contribution in [0.25, 0.3) is 11.0 Å². The molecule has 2 aromatic carbocycles. The van der Waals surface area contributed by atoms with Crippen LogP contribution in [0.2, 0.25) is 10.0 Å². The Labute approximate surface area is 297 Å². The van der Waals surface area contributed by atoms with Gasteiger partial charge in [-0.1, -0.05) is 29.3 Å². The molecule has 3 heterocycles. The summed E-state index contributed by atoms with van der Waals surface area (Å²) in [5.41, 5.74) is 5.62. The van der Waals surface area contributed by atoms with Crippen LogP contribution in [0.15, 0.2) is 36.4 Å². The first-order valence-corrected chi connectivity index (χ1v) is 17.6. The van der Waals surface area contributed by atoms with Crippen LogP contribution in [0.3, 0.4) is 0 Å². The molecule has 3 fully saturated rings. The van der Waals surface area contributed by atoms with Crippen LogP contribution in [-0.4, -0.2) is 51.7 Å². The van der Waals surface area contributed by atoms with E-state index < -0.39 is 12.1 Å². The van der Waals surface area contributed by atoms with Crippen LogP contribution < -0.4 is 20.9 Å². The maximum atomic E-state index is 13.8. The second-order valence-electron chi connectivity index (χ2n) is 14.0. The predicted octanol–water partition coefficient (Wildman–Crippen LogP) is 7.87. The first-order chi connectivity index (χ1) is 23.7. The van der Waals surface area contributed by atoms with Crippen molar-refractivity contribution in [3.63, 3.8) is 0 Å². The largest absolute Gasteiger partial charge is 0.391 e. The maximum Gasteiger partial charge on any atom is 0.391 e. The highest BCUT2D eigenvalue weighted by Crippen LogP contribution is 2.47. The topological polar surface area (TPSA) is 104 Å². The molecular weight excluding hydrogens is 690 g/mol. The summed E-state index contributed by atoms with van der Waals surface area (Å²) in [6, 6.07) is 10.4. The molecule has 2 atom stereocenters. The number of aromatic nitrogens is 3. The van der Waals surface area contributed by atoms with Gasteiger partial charge in [0.1, 0.15) is 5.69 Å². The van der Waals surface area contributed by atoms with Gasteiger partial charge < -0.3 is 25.4 Å². The van der Waals surface area contributed by atoms with E-state index >= 15 is 0 Å². The lowest BCUT2D eigenvalue weighted by molar-refractivity contribution is -0.182. The highest BCUT2D eigenvalue weighted by atomic mass is 35.5. The normalized spacial score (nSPS) is 21.6. The highest BCUT2D eigenvalue weighted by molar-refractivity contribution is 6.39. The van der Waals surface area contributed by atoms with E-state index in [-0.39, 0.29) is 50.1 Å². The number of piperidine rings is 1. The molecule has 2 amide bonds. The predicted molar refractivity (Wildman–Crippen MR) is 188 cm³/mol. The molecule has 14 heteroatoms. The molecule has 1 aliphatic heterocycles. The number of pyridine rings is 1. The third-order valence-electron chi connectivity index (χ3n) is 10.3. The first kappa shape index (κ1) is 34.4. The number of nitrogens with zero attached hydrogens (tertiary/aromatic N) is 4. The van der Waals surface area contributed by atoms with Crippen molar-refractivity contribution in [3.8, 4) is 0 Å². The van der Waals surface area contributed by atoms with Crippen LogP contribution in [0.5, 0.6) is 0 Å². The Morgan fingerprint density at radius 2 is 1.68 bits per heavy atom. The van der Waals surface area contributed by atoms with Gasteiger partial charge >= 0.3 is 6.18 Å². The number of amides is 2. The van der Waals surface area contributed by atoms with Crippen molar-refractivity contribution in [1.29, 1.82) is 0 Å². The molecule has 7 rings (SSSR count). The van der Waals surface area contributed by atoms with E-state index in [4.69, 9.17) is 28.2 Å². The van der Waals surface area contributed by atoms with E-state index in [1.54, 1.807) is 24.3 Å². The average Bonchev–Trinajstić information content (AvgIpc) is 3.55. The van der Waals surface area contributed by atoms with Gasteiger partial charge in [0.25, 0.3) is 11.8 Å². The number of benzene rings is 2. The minimum absolute atomic E-state index is 0.00735. The van der Waals surface area contributed by atoms with E-state index in [1.807, 2.05) is 37.6 Å². The number of rotatable bonds is 8. The van der Waals surface area contributed by atoms with Gasteiger partial charge in [0, 0.05) is 38.4 Å². The van der Waals surface area contributed by atoms with E-state index in [1.165, 1.54) is 6.42 Å². The lowest BCUT2D eigenvalue weighted by atomic mass is 9.85. The van der Waals surface area contributed by atoms with Gasteiger partial charge in [-0.2, -0.15) is 13.2 Å². The molecule has 2 unspecified atom stereocenters. The van der Waals surface area contributed by atoms with E-state index in [0.29, 0.717) is 55.9 Å². The van der Waals surface area contributed by atoms with Gasteiger partial charge in [0.15, 0.2) is 0 Å². The molecule has 50 heavy (non-hydrogen) atoms. The van der Waals surface area contributed by atoms with Gasteiger partial charge in [-0.15, -0.1) is 0 Å². The fourth-order valence-corrected chi connectivity index (χ4v) is 7.92.